The summed E-state index contributed by atoms with van der Waals surface area (Å²) in [5, 5.41) is 5.15. The molecule has 0 saturated carbocycles. The lowest BCUT2D eigenvalue weighted by molar-refractivity contribution is 0.660. The van der Waals surface area contributed by atoms with Crippen molar-refractivity contribution in [2.45, 2.75) is 38.5 Å². The Morgan fingerprint density at radius 3 is 1.39 bits per heavy atom. The molecule has 0 aliphatic heterocycles. The standard InChI is InChI=1S/C54H40N2/c1-53(2)45-19-11-8-16-37(45)40-29-43-44-30-41-38-17-9-12-20-46(38)54(3,4)48(41)32-52(44)56(51(43)31-47(40)53)36-25-22-33(23-26-36)34-24-27-50-42(28-34)39-18-10-13-21-49(39)55(50)35-14-6-5-7-15-35/h5-32H,1-4H3. The third kappa shape index (κ3) is 4.11. The van der Waals surface area contributed by atoms with Crippen molar-refractivity contribution in [3.63, 3.8) is 0 Å². The van der Waals surface area contributed by atoms with Crippen LogP contribution in [0, 0.1) is 0 Å². The molecule has 2 aromatic heterocycles. The normalized spacial score (nSPS) is 14.7. The molecule has 0 amide bonds. The second-order valence-electron chi connectivity index (χ2n) is 17.0. The van der Waals surface area contributed by atoms with E-state index >= 15 is 0 Å². The van der Waals surface area contributed by atoms with Crippen LogP contribution in [0.3, 0.4) is 0 Å². The van der Waals surface area contributed by atoms with E-state index in [1.54, 1.807) is 0 Å². The van der Waals surface area contributed by atoms with Crippen LogP contribution in [0.5, 0.6) is 0 Å². The van der Waals surface area contributed by atoms with E-state index in [4.69, 9.17) is 0 Å². The van der Waals surface area contributed by atoms with Crippen molar-refractivity contribution in [1.29, 1.82) is 0 Å². The van der Waals surface area contributed by atoms with Gasteiger partial charge in [-0.3, -0.25) is 0 Å². The van der Waals surface area contributed by atoms with Crippen molar-refractivity contribution in [1.82, 2.24) is 9.13 Å². The number of rotatable bonds is 3. The van der Waals surface area contributed by atoms with Gasteiger partial charge in [0.25, 0.3) is 0 Å². The average molecular weight is 717 g/mol. The number of hydrogen-bond acceptors (Lipinski definition) is 0. The highest BCUT2D eigenvalue weighted by Crippen LogP contribution is 2.54. The Balaban J connectivity index is 1.06. The van der Waals surface area contributed by atoms with Crippen molar-refractivity contribution in [2.24, 2.45) is 0 Å². The fraction of sp³-hybridized carbons (Fsp3) is 0.111. The SMILES string of the molecule is CC1(C)c2ccccc2-c2cc3c4cc5c(cc4n(-c4ccc(-c6ccc7c(c6)c6ccccc6n7-c6ccccc6)cc4)c3cc21)C(C)(C)c1ccccc1-5. The topological polar surface area (TPSA) is 9.86 Å². The van der Waals surface area contributed by atoms with Gasteiger partial charge < -0.3 is 9.13 Å². The van der Waals surface area contributed by atoms with Gasteiger partial charge in [0.2, 0.25) is 0 Å². The maximum Gasteiger partial charge on any atom is 0.0544 e. The molecule has 8 aromatic carbocycles. The molecule has 2 aliphatic rings. The number of hydrogen-bond donors (Lipinski definition) is 0. The molecule has 2 heteroatoms. The van der Waals surface area contributed by atoms with Crippen molar-refractivity contribution in [3.8, 4) is 44.8 Å². The highest BCUT2D eigenvalue weighted by Gasteiger charge is 2.38. The lowest BCUT2D eigenvalue weighted by Crippen LogP contribution is -2.15. The maximum absolute atomic E-state index is 2.53. The summed E-state index contributed by atoms with van der Waals surface area (Å²) in [4.78, 5) is 0. The van der Waals surface area contributed by atoms with Crippen molar-refractivity contribution in [2.75, 3.05) is 0 Å². The van der Waals surface area contributed by atoms with E-state index in [0.717, 1.165) is 0 Å². The molecular weight excluding hydrogens is 677 g/mol. The molecule has 0 N–H and O–H groups in total. The van der Waals surface area contributed by atoms with Gasteiger partial charge in [-0.2, -0.15) is 0 Å². The Labute approximate surface area is 326 Å². The van der Waals surface area contributed by atoms with E-state index in [-0.39, 0.29) is 10.8 Å². The summed E-state index contributed by atoms with van der Waals surface area (Å²) < 4.78 is 4.91. The van der Waals surface area contributed by atoms with E-state index in [2.05, 4.69) is 207 Å². The highest BCUT2D eigenvalue weighted by molar-refractivity contribution is 6.14. The molecule has 0 radical (unpaired) electrons. The van der Waals surface area contributed by atoms with Gasteiger partial charge in [-0.15, -0.1) is 0 Å². The molecule has 0 atom stereocenters. The lowest BCUT2D eigenvalue weighted by Gasteiger charge is -2.22. The van der Waals surface area contributed by atoms with Gasteiger partial charge in [-0.05, 0) is 122 Å². The summed E-state index contributed by atoms with van der Waals surface area (Å²) in [6.07, 6.45) is 0. The summed E-state index contributed by atoms with van der Waals surface area (Å²) in [5.74, 6) is 0. The van der Waals surface area contributed by atoms with Crippen LogP contribution in [0.1, 0.15) is 49.9 Å². The smallest absolute Gasteiger partial charge is 0.0544 e. The first kappa shape index (κ1) is 31.7. The van der Waals surface area contributed by atoms with E-state index in [9.17, 15) is 0 Å². The molecule has 266 valence electrons. The molecule has 10 aromatic rings. The quantitative estimate of drug-likeness (QED) is 0.172. The predicted octanol–water partition coefficient (Wildman–Crippen LogP) is 14.2. The first-order chi connectivity index (χ1) is 27.3. The van der Waals surface area contributed by atoms with E-state index in [0.29, 0.717) is 0 Å². The van der Waals surface area contributed by atoms with Crippen LogP contribution < -0.4 is 0 Å². The molecule has 0 bridgehead atoms. The van der Waals surface area contributed by atoms with Gasteiger partial charge in [0.15, 0.2) is 0 Å². The highest BCUT2D eigenvalue weighted by atomic mass is 15.0. The number of aromatic nitrogens is 2. The Hall–Kier alpha value is -6.64. The van der Waals surface area contributed by atoms with Crippen molar-refractivity contribution in [3.05, 3.63) is 192 Å². The van der Waals surface area contributed by atoms with Crippen LogP contribution in [0.4, 0.5) is 0 Å². The minimum atomic E-state index is -0.0871. The fourth-order valence-corrected chi connectivity index (χ4v) is 10.5. The number of para-hydroxylation sites is 2. The van der Waals surface area contributed by atoms with Crippen LogP contribution in [0.2, 0.25) is 0 Å². The largest absolute Gasteiger partial charge is 0.309 e. The second-order valence-corrected chi connectivity index (χ2v) is 17.0. The zero-order valence-electron chi connectivity index (χ0n) is 32.1. The van der Waals surface area contributed by atoms with E-state index in [1.807, 2.05) is 0 Å². The van der Waals surface area contributed by atoms with Crippen LogP contribution >= 0.6 is 0 Å². The minimum Gasteiger partial charge on any atom is -0.309 e. The lowest BCUT2D eigenvalue weighted by atomic mass is 9.82. The van der Waals surface area contributed by atoms with Gasteiger partial charge >= 0.3 is 0 Å². The number of benzene rings is 8. The van der Waals surface area contributed by atoms with Crippen molar-refractivity contribution < 1.29 is 0 Å². The molecular formula is C54H40N2. The summed E-state index contributed by atoms with van der Waals surface area (Å²) in [6, 6.07) is 63.6. The third-order valence-corrected chi connectivity index (χ3v) is 13.3. The van der Waals surface area contributed by atoms with E-state index < -0.39 is 0 Å². The molecule has 56 heavy (non-hydrogen) atoms. The monoisotopic (exact) mass is 716 g/mol. The zero-order chi connectivity index (χ0) is 37.5. The zero-order valence-corrected chi connectivity index (χ0v) is 32.1. The van der Waals surface area contributed by atoms with Gasteiger partial charge in [0.05, 0.1) is 22.1 Å². The molecule has 2 nitrogen and oxygen atoms in total. The average Bonchev–Trinajstić information content (AvgIpc) is 3.88. The van der Waals surface area contributed by atoms with E-state index in [1.165, 1.54) is 111 Å². The first-order valence-electron chi connectivity index (χ1n) is 19.9. The third-order valence-electron chi connectivity index (χ3n) is 13.3. The van der Waals surface area contributed by atoms with Gasteiger partial charge in [0.1, 0.15) is 0 Å². The van der Waals surface area contributed by atoms with Gasteiger partial charge in [-0.25, -0.2) is 0 Å². The van der Waals surface area contributed by atoms with Gasteiger partial charge in [-0.1, -0.05) is 131 Å². The molecule has 0 saturated heterocycles. The molecule has 0 fully saturated rings. The van der Waals surface area contributed by atoms with Crippen LogP contribution in [0.15, 0.2) is 170 Å². The molecule has 0 spiro atoms. The molecule has 2 heterocycles. The van der Waals surface area contributed by atoms with Crippen LogP contribution in [0.25, 0.3) is 88.4 Å². The van der Waals surface area contributed by atoms with Crippen LogP contribution in [-0.4, -0.2) is 9.13 Å². The summed E-state index contributed by atoms with van der Waals surface area (Å²) in [5.41, 5.74) is 20.6. The maximum atomic E-state index is 2.53. The molecule has 2 aliphatic carbocycles. The molecule has 0 unspecified atom stereocenters. The summed E-state index contributed by atoms with van der Waals surface area (Å²) >= 11 is 0. The fourth-order valence-electron chi connectivity index (χ4n) is 10.5. The number of nitrogens with zero attached hydrogens (tertiary/aromatic N) is 2. The Kier molecular flexibility index (Phi) is 6.22. The van der Waals surface area contributed by atoms with Crippen molar-refractivity contribution >= 4 is 43.6 Å². The summed E-state index contributed by atoms with van der Waals surface area (Å²) in [6.45, 7) is 9.53. The Bertz CT molecular complexity index is 3160. The first-order valence-corrected chi connectivity index (χ1v) is 19.9. The Morgan fingerprint density at radius 2 is 0.768 bits per heavy atom. The molecule has 12 rings (SSSR count). The summed E-state index contributed by atoms with van der Waals surface area (Å²) in [7, 11) is 0. The Morgan fingerprint density at radius 1 is 0.304 bits per heavy atom. The number of fused-ring (bicyclic) bond motifs is 12. The van der Waals surface area contributed by atoms with Crippen LogP contribution in [-0.2, 0) is 10.8 Å². The predicted molar refractivity (Wildman–Crippen MR) is 236 cm³/mol. The minimum absolute atomic E-state index is 0.0871. The second kappa shape index (κ2) is 11.0. The van der Waals surface area contributed by atoms with Gasteiger partial charge in [0, 0.05) is 43.7 Å².